The highest BCUT2D eigenvalue weighted by molar-refractivity contribution is 5.49. The standard InChI is InChI=1S/C13H22N2O3/c1-15(2)10-5-4-6-11(7-10)18-13(8-16)12(14)9-17-3/h4-7,12-13,16H,8-9,14H2,1-3H3. The molecule has 0 aliphatic heterocycles. The molecule has 2 atom stereocenters. The second-order valence-electron chi connectivity index (χ2n) is 4.35. The Bertz CT molecular complexity index is 358. The van der Waals surface area contributed by atoms with Crippen LogP contribution < -0.4 is 15.4 Å². The molecule has 18 heavy (non-hydrogen) atoms. The molecule has 0 bridgehead atoms. The van der Waals surface area contributed by atoms with Crippen molar-refractivity contribution in [1.82, 2.24) is 0 Å². The Morgan fingerprint density at radius 3 is 2.67 bits per heavy atom. The first-order valence-corrected chi connectivity index (χ1v) is 5.88. The third-order valence-corrected chi connectivity index (χ3v) is 2.64. The van der Waals surface area contributed by atoms with Crippen molar-refractivity contribution in [2.24, 2.45) is 5.73 Å². The number of methoxy groups -OCH3 is 1. The molecule has 5 nitrogen and oxygen atoms in total. The number of nitrogens with zero attached hydrogens (tertiary/aromatic N) is 1. The molecule has 3 N–H and O–H groups in total. The van der Waals surface area contributed by atoms with Crippen molar-refractivity contribution in [3.8, 4) is 5.75 Å². The Morgan fingerprint density at radius 1 is 1.39 bits per heavy atom. The molecule has 0 aliphatic rings. The van der Waals surface area contributed by atoms with Crippen LogP contribution in [0, 0.1) is 0 Å². The van der Waals surface area contributed by atoms with E-state index in [4.69, 9.17) is 15.2 Å². The van der Waals surface area contributed by atoms with Crippen LogP contribution in [0.2, 0.25) is 0 Å². The van der Waals surface area contributed by atoms with Crippen LogP contribution in [0.25, 0.3) is 0 Å². The van der Waals surface area contributed by atoms with Crippen LogP contribution >= 0.6 is 0 Å². The highest BCUT2D eigenvalue weighted by Crippen LogP contribution is 2.20. The van der Waals surface area contributed by atoms with Crippen LogP contribution in [0.15, 0.2) is 24.3 Å². The van der Waals surface area contributed by atoms with Gasteiger partial charge in [-0.1, -0.05) is 6.07 Å². The first kappa shape index (κ1) is 14.8. The summed E-state index contributed by atoms with van der Waals surface area (Å²) in [4.78, 5) is 1.98. The summed E-state index contributed by atoms with van der Waals surface area (Å²) < 4.78 is 10.6. The first-order valence-electron chi connectivity index (χ1n) is 5.88. The van der Waals surface area contributed by atoms with Gasteiger partial charge in [-0.15, -0.1) is 0 Å². The summed E-state index contributed by atoms with van der Waals surface area (Å²) in [5.41, 5.74) is 6.90. The number of hydrogen-bond acceptors (Lipinski definition) is 5. The van der Waals surface area contributed by atoms with Crippen molar-refractivity contribution in [2.45, 2.75) is 12.1 Å². The van der Waals surface area contributed by atoms with Gasteiger partial charge in [-0.2, -0.15) is 0 Å². The van der Waals surface area contributed by atoms with Crippen LogP contribution in [-0.4, -0.2) is 51.7 Å². The Kier molecular flexibility index (Phi) is 5.91. The SMILES string of the molecule is COCC(N)C(CO)Oc1cccc(N(C)C)c1. The van der Waals surface area contributed by atoms with E-state index in [0.29, 0.717) is 12.4 Å². The van der Waals surface area contributed by atoms with E-state index in [1.54, 1.807) is 7.11 Å². The van der Waals surface area contributed by atoms with Gasteiger partial charge in [0, 0.05) is 33.0 Å². The summed E-state index contributed by atoms with van der Waals surface area (Å²) in [5.74, 6) is 0.687. The quantitative estimate of drug-likeness (QED) is 0.740. The maximum Gasteiger partial charge on any atom is 0.139 e. The number of rotatable bonds is 7. The lowest BCUT2D eigenvalue weighted by atomic mass is 10.2. The summed E-state index contributed by atoms with van der Waals surface area (Å²) in [6, 6.07) is 7.27. The second kappa shape index (κ2) is 7.20. The average molecular weight is 254 g/mol. The largest absolute Gasteiger partial charge is 0.486 e. The van der Waals surface area contributed by atoms with Crippen LogP contribution in [0.4, 0.5) is 5.69 Å². The Balaban J connectivity index is 2.72. The van der Waals surface area contributed by atoms with E-state index in [0.717, 1.165) is 5.69 Å². The van der Waals surface area contributed by atoms with E-state index in [-0.39, 0.29) is 12.6 Å². The van der Waals surface area contributed by atoms with Gasteiger partial charge < -0.3 is 25.2 Å². The third-order valence-electron chi connectivity index (χ3n) is 2.64. The number of aliphatic hydroxyl groups is 1. The van der Waals surface area contributed by atoms with E-state index in [2.05, 4.69) is 0 Å². The fourth-order valence-corrected chi connectivity index (χ4v) is 1.57. The molecule has 0 aromatic heterocycles. The fraction of sp³-hybridized carbons (Fsp3) is 0.538. The maximum atomic E-state index is 9.29. The summed E-state index contributed by atoms with van der Waals surface area (Å²) in [6.45, 7) is 0.204. The molecule has 0 radical (unpaired) electrons. The van der Waals surface area contributed by atoms with E-state index in [1.807, 2.05) is 43.3 Å². The van der Waals surface area contributed by atoms with Crippen molar-refractivity contribution >= 4 is 5.69 Å². The maximum absolute atomic E-state index is 9.29. The average Bonchev–Trinajstić information content (AvgIpc) is 2.36. The normalized spacial score (nSPS) is 14.1. The van der Waals surface area contributed by atoms with Crippen molar-refractivity contribution < 1.29 is 14.6 Å². The zero-order valence-corrected chi connectivity index (χ0v) is 11.2. The lowest BCUT2D eigenvalue weighted by Gasteiger charge is -2.23. The molecular weight excluding hydrogens is 232 g/mol. The smallest absolute Gasteiger partial charge is 0.139 e. The number of nitrogens with two attached hydrogens (primary N) is 1. The lowest BCUT2D eigenvalue weighted by molar-refractivity contribution is 0.0605. The zero-order chi connectivity index (χ0) is 13.5. The second-order valence-corrected chi connectivity index (χ2v) is 4.35. The molecule has 102 valence electrons. The van der Waals surface area contributed by atoms with Gasteiger partial charge in [0.2, 0.25) is 0 Å². The predicted molar refractivity (Wildman–Crippen MR) is 72.1 cm³/mol. The molecule has 0 aliphatic carbocycles. The Morgan fingerprint density at radius 2 is 2.11 bits per heavy atom. The van der Waals surface area contributed by atoms with Crippen molar-refractivity contribution in [3.05, 3.63) is 24.3 Å². The highest BCUT2D eigenvalue weighted by Gasteiger charge is 2.18. The molecule has 0 saturated carbocycles. The predicted octanol–water partition coefficient (Wildman–Crippen LogP) is 0.466. The van der Waals surface area contributed by atoms with Crippen molar-refractivity contribution in [3.63, 3.8) is 0 Å². The highest BCUT2D eigenvalue weighted by atomic mass is 16.5. The molecule has 1 aromatic rings. The Hall–Kier alpha value is -1.30. The molecule has 0 amide bonds. The summed E-state index contributed by atoms with van der Waals surface area (Å²) in [6.07, 6.45) is -0.470. The van der Waals surface area contributed by atoms with Crippen molar-refractivity contribution in [1.29, 1.82) is 0 Å². The molecule has 0 saturated heterocycles. The Labute approximate surface area is 108 Å². The lowest BCUT2D eigenvalue weighted by Crippen LogP contribution is -2.44. The fourth-order valence-electron chi connectivity index (χ4n) is 1.57. The summed E-state index contributed by atoms with van der Waals surface area (Å²) in [7, 11) is 5.49. The topological polar surface area (TPSA) is 68.0 Å². The molecule has 1 rings (SSSR count). The minimum atomic E-state index is -0.470. The molecule has 0 spiro atoms. The van der Waals surface area contributed by atoms with E-state index >= 15 is 0 Å². The van der Waals surface area contributed by atoms with E-state index in [9.17, 15) is 5.11 Å². The third kappa shape index (κ3) is 4.18. The molecule has 0 fully saturated rings. The zero-order valence-electron chi connectivity index (χ0n) is 11.2. The van der Waals surface area contributed by atoms with E-state index in [1.165, 1.54) is 0 Å². The summed E-state index contributed by atoms with van der Waals surface area (Å²) in [5, 5.41) is 9.29. The van der Waals surface area contributed by atoms with Crippen molar-refractivity contribution in [2.75, 3.05) is 39.3 Å². The summed E-state index contributed by atoms with van der Waals surface area (Å²) >= 11 is 0. The number of hydrogen-bond donors (Lipinski definition) is 2. The van der Waals surface area contributed by atoms with Gasteiger partial charge in [-0.3, -0.25) is 0 Å². The minimum Gasteiger partial charge on any atom is -0.486 e. The molecule has 1 aromatic carbocycles. The van der Waals surface area contributed by atoms with Crippen LogP contribution in [-0.2, 0) is 4.74 Å². The van der Waals surface area contributed by atoms with Gasteiger partial charge in [0.25, 0.3) is 0 Å². The van der Waals surface area contributed by atoms with Crippen LogP contribution in [0.3, 0.4) is 0 Å². The number of ether oxygens (including phenoxy) is 2. The monoisotopic (exact) mass is 254 g/mol. The van der Waals surface area contributed by atoms with Crippen LogP contribution in [0.1, 0.15) is 0 Å². The minimum absolute atomic E-state index is 0.142. The molecular formula is C13H22N2O3. The van der Waals surface area contributed by atoms with Gasteiger partial charge in [0.15, 0.2) is 0 Å². The van der Waals surface area contributed by atoms with Gasteiger partial charge in [0.05, 0.1) is 19.3 Å². The first-order chi connectivity index (χ1) is 8.58. The number of benzene rings is 1. The van der Waals surface area contributed by atoms with Crippen LogP contribution in [0.5, 0.6) is 5.75 Å². The molecule has 2 unspecified atom stereocenters. The number of anilines is 1. The van der Waals surface area contributed by atoms with Gasteiger partial charge in [-0.25, -0.2) is 0 Å². The number of aliphatic hydroxyl groups excluding tert-OH is 1. The molecule has 0 heterocycles. The molecule has 5 heteroatoms. The van der Waals surface area contributed by atoms with Gasteiger partial charge in [0.1, 0.15) is 11.9 Å². The van der Waals surface area contributed by atoms with E-state index < -0.39 is 6.10 Å². The van der Waals surface area contributed by atoms with Gasteiger partial charge >= 0.3 is 0 Å². The van der Waals surface area contributed by atoms with Gasteiger partial charge in [-0.05, 0) is 12.1 Å².